The maximum atomic E-state index is 12.4. The van der Waals surface area contributed by atoms with Crippen LogP contribution in [0.3, 0.4) is 0 Å². The molecule has 0 saturated carbocycles. The van der Waals surface area contributed by atoms with Gasteiger partial charge in [0.2, 0.25) is 5.91 Å². The lowest BCUT2D eigenvalue weighted by Gasteiger charge is -2.29. The van der Waals surface area contributed by atoms with Crippen LogP contribution in [0, 0.1) is 0 Å². The second kappa shape index (κ2) is 7.17. The molecule has 0 N–H and O–H groups in total. The van der Waals surface area contributed by atoms with Gasteiger partial charge in [0.25, 0.3) is 0 Å². The fourth-order valence-electron chi connectivity index (χ4n) is 2.42. The number of amides is 1. The average molecular weight is 303 g/mol. The van der Waals surface area contributed by atoms with E-state index in [1.54, 1.807) is 19.2 Å². The zero-order valence-corrected chi connectivity index (χ0v) is 13.0. The molecular formula is C16H21N3O3. The van der Waals surface area contributed by atoms with Gasteiger partial charge in [0.15, 0.2) is 0 Å². The van der Waals surface area contributed by atoms with Crippen LogP contribution in [-0.4, -0.2) is 54.1 Å². The summed E-state index contributed by atoms with van der Waals surface area (Å²) in [4.78, 5) is 31.9. The minimum atomic E-state index is -0.190. The molecule has 0 aliphatic carbocycles. The first-order valence-electron chi connectivity index (χ1n) is 7.29. The van der Waals surface area contributed by atoms with E-state index in [0.717, 1.165) is 6.29 Å². The summed E-state index contributed by atoms with van der Waals surface area (Å²) in [5, 5.41) is 0. The van der Waals surface area contributed by atoms with Crippen LogP contribution in [0.1, 0.15) is 20.3 Å². The van der Waals surface area contributed by atoms with E-state index in [2.05, 4.69) is 11.6 Å². The molecule has 0 aromatic carbocycles. The first-order chi connectivity index (χ1) is 10.6. The van der Waals surface area contributed by atoms with Crippen molar-refractivity contribution >= 4 is 18.0 Å². The Kier molecular flexibility index (Phi) is 5.27. The van der Waals surface area contributed by atoms with E-state index in [1.165, 1.54) is 4.90 Å². The molecule has 2 heterocycles. The van der Waals surface area contributed by atoms with Gasteiger partial charge in [0.1, 0.15) is 17.9 Å². The molecule has 0 bridgehead atoms. The zero-order valence-electron chi connectivity index (χ0n) is 13.0. The van der Waals surface area contributed by atoms with E-state index in [1.807, 2.05) is 11.8 Å². The Morgan fingerprint density at radius 2 is 2.05 bits per heavy atom. The van der Waals surface area contributed by atoms with Crippen molar-refractivity contribution in [2.75, 3.05) is 26.3 Å². The van der Waals surface area contributed by atoms with Crippen LogP contribution in [0.15, 0.2) is 40.8 Å². The normalized spacial score (nSPS) is 20.3. The van der Waals surface area contributed by atoms with Gasteiger partial charge in [-0.05, 0) is 19.4 Å². The lowest BCUT2D eigenvalue weighted by molar-refractivity contribution is -0.125. The van der Waals surface area contributed by atoms with Crippen molar-refractivity contribution in [1.29, 1.82) is 0 Å². The summed E-state index contributed by atoms with van der Waals surface area (Å²) >= 11 is 0. The monoisotopic (exact) mass is 303 g/mol. The molecular weight excluding hydrogens is 282 g/mol. The van der Waals surface area contributed by atoms with Gasteiger partial charge in [-0.1, -0.05) is 12.7 Å². The second-order valence-electron chi connectivity index (χ2n) is 5.20. The van der Waals surface area contributed by atoms with Crippen molar-refractivity contribution in [1.82, 2.24) is 9.80 Å². The average Bonchev–Trinajstić information content (AvgIpc) is 2.66. The van der Waals surface area contributed by atoms with E-state index in [9.17, 15) is 9.59 Å². The molecule has 0 radical (unpaired) electrons. The van der Waals surface area contributed by atoms with Gasteiger partial charge in [-0.15, -0.1) is 0 Å². The summed E-state index contributed by atoms with van der Waals surface area (Å²) in [6.07, 6.45) is 4.17. The van der Waals surface area contributed by atoms with Crippen molar-refractivity contribution in [3.8, 4) is 0 Å². The summed E-state index contributed by atoms with van der Waals surface area (Å²) in [6, 6.07) is 0. The van der Waals surface area contributed by atoms with E-state index < -0.39 is 0 Å². The number of rotatable bonds is 4. The van der Waals surface area contributed by atoms with Crippen LogP contribution in [0.4, 0.5) is 0 Å². The lowest BCUT2D eigenvalue weighted by atomic mass is 10.2. The number of amidine groups is 1. The summed E-state index contributed by atoms with van der Waals surface area (Å²) in [7, 11) is 0. The van der Waals surface area contributed by atoms with Crippen LogP contribution >= 0.6 is 0 Å². The number of nitrogens with zero attached hydrogens (tertiary/aromatic N) is 3. The highest BCUT2D eigenvalue weighted by Crippen LogP contribution is 2.23. The van der Waals surface area contributed by atoms with Crippen molar-refractivity contribution < 1.29 is 14.3 Å². The summed E-state index contributed by atoms with van der Waals surface area (Å²) < 4.78 is 5.34. The third kappa shape index (κ3) is 3.33. The Morgan fingerprint density at radius 3 is 2.59 bits per heavy atom. The van der Waals surface area contributed by atoms with Gasteiger partial charge in [-0.25, -0.2) is 4.99 Å². The standard InChI is InChI=1S/C16H21N3O3/c1-4-5-19-14(21)10-13(11-20)16(17-15(19)12(2)3)18-6-8-22-9-7-18/h4-5,11H,2,6-10H2,1,3H3/b5-4-. The fraction of sp³-hybridized carbons (Fsp3) is 0.438. The van der Waals surface area contributed by atoms with Gasteiger partial charge in [-0.2, -0.15) is 0 Å². The molecule has 1 fully saturated rings. The molecule has 118 valence electrons. The lowest BCUT2D eigenvalue weighted by Crippen LogP contribution is -2.36. The fourth-order valence-corrected chi connectivity index (χ4v) is 2.42. The Labute approximate surface area is 130 Å². The Balaban J connectivity index is 2.51. The molecule has 22 heavy (non-hydrogen) atoms. The van der Waals surface area contributed by atoms with Crippen molar-refractivity contribution in [3.05, 3.63) is 35.8 Å². The van der Waals surface area contributed by atoms with E-state index in [4.69, 9.17) is 4.74 Å². The molecule has 2 aliphatic rings. The Hall–Kier alpha value is -2.21. The van der Waals surface area contributed by atoms with Crippen molar-refractivity contribution in [2.45, 2.75) is 20.3 Å². The van der Waals surface area contributed by atoms with E-state index >= 15 is 0 Å². The third-order valence-electron chi connectivity index (χ3n) is 3.47. The molecule has 0 aromatic heterocycles. The van der Waals surface area contributed by atoms with Gasteiger partial charge in [0.05, 0.1) is 19.6 Å². The molecule has 0 spiro atoms. The first-order valence-corrected chi connectivity index (χ1v) is 7.29. The van der Waals surface area contributed by atoms with Crippen molar-refractivity contribution in [2.24, 2.45) is 4.99 Å². The molecule has 6 heteroatoms. The van der Waals surface area contributed by atoms with E-state index in [0.29, 0.717) is 49.1 Å². The van der Waals surface area contributed by atoms with Crippen LogP contribution in [0.5, 0.6) is 0 Å². The predicted molar refractivity (Wildman–Crippen MR) is 84.0 cm³/mol. The molecule has 6 nitrogen and oxygen atoms in total. The van der Waals surface area contributed by atoms with Crippen LogP contribution in [0.2, 0.25) is 0 Å². The Bertz CT molecular complexity index is 569. The number of carbonyl (C=O) groups excluding carboxylic acids is 2. The van der Waals surface area contributed by atoms with E-state index in [-0.39, 0.29) is 12.3 Å². The third-order valence-corrected chi connectivity index (χ3v) is 3.47. The van der Waals surface area contributed by atoms with Crippen LogP contribution < -0.4 is 0 Å². The number of hydrogen-bond acceptors (Lipinski definition) is 5. The second-order valence-corrected chi connectivity index (χ2v) is 5.20. The maximum absolute atomic E-state index is 12.4. The smallest absolute Gasteiger partial charge is 0.236 e. The summed E-state index contributed by atoms with van der Waals surface area (Å²) in [5.41, 5.74) is 1.07. The van der Waals surface area contributed by atoms with Gasteiger partial charge in [0, 0.05) is 24.9 Å². The molecule has 1 amide bonds. The van der Waals surface area contributed by atoms with Gasteiger partial charge < -0.3 is 9.64 Å². The number of aldehydes is 1. The zero-order chi connectivity index (χ0) is 16.1. The largest absolute Gasteiger partial charge is 0.378 e. The quantitative estimate of drug-likeness (QED) is 0.738. The van der Waals surface area contributed by atoms with Gasteiger partial charge in [-0.3, -0.25) is 14.5 Å². The number of carbonyl (C=O) groups is 2. The van der Waals surface area contributed by atoms with Crippen LogP contribution in [-0.2, 0) is 14.3 Å². The minimum Gasteiger partial charge on any atom is -0.378 e. The Morgan fingerprint density at radius 1 is 1.36 bits per heavy atom. The van der Waals surface area contributed by atoms with Crippen LogP contribution in [0.25, 0.3) is 0 Å². The summed E-state index contributed by atoms with van der Waals surface area (Å²) in [5.74, 6) is 0.836. The topological polar surface area (TPSA) is 62.2 Å². The molecule has 0 unspecified atom stereocenters. The molecule has 0 atom stereocenters. The number of allylic oxidation sites excluding steroid dienone is 1. The highest BCUT2D eigenvalue weighted by molar-refractivity contribution is 6.10. The number of morpholine rings is 1. The number of aliphatic imine (C=N–C) groups is 1. The molecule has 2 aliphatic heterocycles. The molecule has 1 saturated heterocycles. The number of hydrogen-bond donors (Lipinski definition) is 0. The first kappa shape index (κ1) is 16.2. The SMILES string of the molecule is C=C(C)C1=NC(N2CCOCC2)=C(C=O)CC(=O)N1/C=C\C. The van der Waals surface area contributed by atoms with Gasteiger partial charge >= 0.3 is 0 Å². The highest BCUT2D eigenvalue weighted by Gasteiger charge is 2.28. The highest BCUT2D eigenvalue weighted by atomic mass is 16.5. The number of ether oxygens (including phenoxy) is 1. The molecule has 2 rings (SSSR count). The minimum absolute atomic E-state index is 0.0286. The van der Waals surface area contributed by atoms with Crippen molar-refractivity contribution in [3.63, 3.8) is 0 Å². The molecule has 0 aromatic rings. The predicted octanol–water partition coefficient (Wildman–Crippen LogP) is 1.47. The maximum Gasteiger partial charge on any atom is 0.236 e. The summed E-state index contributed by atoms with van der Waals surface area (Å²) in [6.45, 7) is 9.99.